The SMILES string of the molecule is CC(C)CNc1nc(N)c(C(=O)NC2(C)CCC2)s1. The quantitative estimate of drug-likeness (QED) is 0.775. The third kappa shape index (κ3) is 3.37. The van der Waals surface area contributed by atoms with Gasteiger partial charge in [0.15, 0.2) is 5.13 Å². The van der Waals surface area contributed by atoms with Gasteiger partial charge in [0.25, 0.3) is 5.91 Å². The number of thiazole rings is 1. The molecule has 1 fully saturated rings. The molecule has 5 nitrogen and oxygen atoms in total. The van der Waals surface area contributed by atoms with Gasteiger partial charge in [-0.3, -0.25) is 4.79 Å². The van der Waals surface area contributed by atoms with Gasteiger partial charge in [0.1, 0.15) is 10.7 Å². The maximum Gasteiger partial charge on any atom is 0.265 e. The van der Waals surface area contributed by atoms with Gasteiger partial charge in [-0.05, 0) is 32.1 Å². The number of anilines is 2. The second kappa shape index (κ2) is 5.36. The van der Waals surface area contributed by atoms with Crippen LogP contribution < -0.4 is 16.4 Å². The Balaban J connectivity index is 2.01. The molecule has 19 heavy (non-hydrogen) atoms. The van der Waals surface area contributed by atoms with Crippen LogP contribution in [0, 0.1) is 5.92 Å². The van der Waals surface area contributed by atoms with E-state index in [-0.39, 0.29) is 11.4 Å². The maximum absolute atomic E-state index is 12.2. The van der Waals surface area contributed by atoms with Crippen molar-refractivity contribution < 1.29 is 4.79 Å². The highest BCUT2D eigenvalue weighted by molar-refractivity contribution is 7.18. The molecule has 1 aliphatic rings. The molecule has 1 amide bonds. The molecular formula is C13H22N4OS. The van der Waals surface area contributed by atoms with Crippen molar-refractivity contribution >= 4 is 28.2 Å². The van der Waals surface area contributed by atoms with E-state index in [0.29, 0.717) is 16.6 Å². The Hall–Kier alpha value is -1.30. The Morgan fingerprint density at radius 1 is 1.53 bits per heavy atom. The summed E-state index contributed by atoms with van der Waals surface area (Å²) in [6, 6.07) is 0. The first kappa shape index (κ1) is 14.1. The fourth-order valence-corrected chi connectivity index (χ4v) is 2.81. The zero-order chi connectivity index (χ0) is 14.0. The molecule has 2 rings (SSSR count). The van der Waals surface area contributed by atoms with E-state index in [2.05, 4.69) is 36.4 Å². The van der Waals surface area contributed by atoms with Gasteiger partial charge in [0, 0.05) is 12.1 Å². The molecule has 1 heterocycles. The van der Waals surface area contributed by atoms with Crippen LogP contribution in [0.15, 0.2) is 0 Å². The molecule has 4 N–H and O–H groups in total. The lowest BCUT2D eigenvalue weighted by atomic mass is 9.78. The number of nitrogens with two attached hydrogens (primary N) is 1. The zero-order valence-corrected chi connectivity index (χ0v) is 12.6. The Morgan fingerprint density at radius 2 is 2.21 bits per heavy atom. The predicted octanol–water partition coefficient (Wildman–Crippen LogP) is 2.47. The van der Waals surface area contributed by atoms with Gasteiger partial charge in [-0.2, -0.15) is 0 Å². The number of aromatic nitrogens is 1. The van der Waals surface area contributed by atoms with Crippen LogP contribution in [0.2, 0.25) is 0 Å². The van der Waals surface area contributed by atoms with E-state index in [9.17, 15) is 4.79 Å². The lowest BCUT2D eigenvalue weighted by molar-refractivity contribution is 0.0855. The van der Waals surface area contributed by atoms with Gasteiger partial charge >= 0.3 is 0 Å². The molecule has 0 unspecified atom stereocenters. The van der Waals surface area contributed by atoms with Crippen molar-refractivity contribution in [1.82, 2.24) is 10.3 Å². The molecule has 0 radical (unpaired) electrons. The number of carbonyl (C=O) groups is 1. The Kier molecular flexibility index (Phi) is 3.99. The molecule has 0 spiro atoms. The average Bonchev–Trinajstić information content (AvgIpc) is 2.66. The van der Waals surface area contributed by atoms with Gasteiger partial charge in [-0.15, -0.1) is 0 Å². The minimum atomic E-state index is -0.102. The third-order valence-electron chi connectivity index (χ3n) is 3.39. The average molecular weight is 282 g/mol. The number of carbonyl (C=O) groups excluding carboxylic acids is 1. The summed E-state index contributed by atoms with van der Waals surface area (Å²) in [5.74, 6) is 0.739. The highest BCUT2D eigenvalue weighted by Crippen LogP contribution is 2.32. The Morgan fingerprint density at radius 3 is 2.74 bits per heavy atom. The van der Waals surface area contributed by atoms with Crippen molar-refractivity contribution in [3.8, 4) is 0 Å². The van der Waals surface area contributed by atoms with Crippen LogP contribution in [0.25, 0.3) is 0 Å². The topological polar surface area (TPSA) is 80.0 Å². The minimum Gasteiger partial charge on any atom is -0.382 e. The molecule has 1 aromatic rings. The summed E-state index contributed by atoms with van der Waals surface area (Å²) in [4.78, 5) is 16.9. The van der Waals surface area contributed by atoms with Crippen LogP contribution in [-0.4, -0.2) is 23.0 Å². The van der Waals surface area contributed by atoms with Gasteiger partial charge in [-0.25, -0.2) is 4.98 Å². The summed E-state index contributed by atoms with van der Waals surface area (Å²) >= 11 is 1.33. The van der Waals surface area contributed by atoms with E-state index >= 15 is 0 Å². The molecule has 1 aliphatic carbocycles. The number of amides is 1. The maximum atomic E-state index is 12.2. The van der Waals surface area contributed by atoms with E-state index in [0.717, 1.165) is 24.5 Å². The Labute approximate surface area is 118 Å². The molecule has 0 aliphatic heterocycles. The first-order valence-electron chi connectivity index (χ1n) is 6.72. The van der Waals surface area contributed by atoms with Crippen LogP contribution in [0.1, 0.15) is 49.7 Å². The molecule has 0 bridgehead atoms. The summed E-state index contributed by atoms with van der Waals surface area (Å²) in [5, 5.41) is 6.97. The monoisotopic (exact) mass is 282 g/mol. The highest BCUT2D eigenvalue weighted by atomic mass is 32.1. The second-order valence-electron chi connectivity index (χ2n) is 5.88. The molecule has 0 atom stereocenters. The van der Waals surface area contributed by atoms with Crippen molar-refractivity contribution in [3.63, 3.8) is 0 Å². The number of nitrogen functional groups attached to an aromatic ring is 1. The summed E-state index contributed by atoms with van der Waals surface area (Å²) in [5.41, 5.74) is 5.77. The number of rotatable bonds is 5. The lowest BCUT2D eigenvalue weighted by Gasteiger charge is -2.38. The summed E-state index contributed by atoms with van der Waals surface area (Å²) in [6.07, 6.45) is 3.25. The van der Waals surface area contributed by atoms with Gasteiger partial charge < -0.3 is 16.4 Å². The highest BCUT2D eigenvalue weighted by Gasteiger charge is 2.34. The number of nitrogens with one attached hydrogen (secondary N) is 2. The molecule has 1 saturated carbocycles. The van der Waals surface area contributed by atoms with Crippen LogP contribution in [0.3, 0.4) is 0 Å². The van der Waals surface area contributed by atoms with Gasteiger partial charge in [0.2, 0.25) is 0 Å². The lowest BCUT2D eigenvalue weighted by Crippen LogP contribution is -2.50. The second-order valence-corrected chi connectivity index (χ2v) is 6.88. The molecule has 6 heteroatoms. The van der Waals surface area contributed by atoms with E-state index in [1.807, 2.05) is 0 Å². The predicted molar refractivity (Wildman–Crippen MR) is 79.6 cm³/mol. The van der Waals surface area contributed by atoms with Gasteiger partial charge in [0.05, 0.1) is 0 Å². The normalized spacial score (nSPS) is 17.1. The standard InChI is InChI=1S/C13H22N4OS/c1-8(2)7-15-12-16-10(14)9(19-12)11(18)17-13(3)5-4-6-13/h8H,4-7,14H2,1-3H3,(H,15,16)(H,17,18). The van der Waals surface area contributed by atoms with Crippen LogP contribution in [0.5, 0.6) is 0 Å². The molecule has 0 aromatic carbocycles. The largest absolute Gasteiger partial charge is 0.382 e. The van der Waals surface area contributed by atoms with E-state index in [1.54, 1.807) is 0 Å². The van der Waals surface area contributed by atoms with E-state index < -0.39 is 0 Å². The van der Waals surface area contributed by atoms with Crippen LogP contribution in [0.4, 0.5) is 10.9 Å². The zero-order valence-electron chi connectivity index (χ0n) is 11.7. The van der Waals surface area contributed by atoms with Crippen molar-refractivity contribution in [3.05, 3.63) is 4.88 Å². The molecule has 1 aromatic heterocycles. The van der Waals surface area contributed by atoms with Crippen molar-refractivity contribution in [2.24, 2.45) is 5.92 Å². The minimum absolute atomic E-state index is 0.0565. The van der Waals surface area contributed by atoms with Crippen molar-refractivity contribution in [2.45, 2.75) is 45.6 Å². The smallest absolute Gasteiger partial charge is 0.265 e. The molecule has 0 saturated heterocycles. The fourth-order valence-electron chi connectivity index (χ4n) is 2.02. The number of hydrogen-bond donors (Lipinski definition) is 3. The first-order valence-corrected chi connectivity index (χ1v) is 7.54. The van der Waals surface area contributed by atoms with E-state index in [1.165, 1.54) is 17.8 Å². The molecule has 106 valence electrons. The number of nitrogens with zero attached hydrogens (tertiary/aromatic N) is 1. The third-order valence-corrected chi connectivity index (χ3v) is 4.42. The first-order chi connectivity index (χ1) is 8.89. The molecular weight excluding hydrogens is 260 g/mol. The van der Waals surface area contributed by atoms with Crippen molar-refractivity contribution in [2.75, 3.05) is 17.6 Å². The van der Waals surface area contributed by atoms with Crippen LogP contribution >= 0.6 is 11.3 Å². The summed E-state index contributed by atoms with van der Waals surface area (Å²) in [7, 11) is 0. The van der Waals surface area contributed by atoms with Crippen molar-refractivity contribution in [1.29, 1.82) is 0 Å². The summed E-state index contributed by atoms with van der Waals surface area (Å²) < 4.78 is 0. The van der Waals surface area contributed by atoms with E-state index in [4.69, 9.17) is 5.73 Å². The fraction of sp³-hybridized carbons (Fsp3) is 0.692. The summed E-state index contributed by atoms with van der Waals surface area (Å²) in [6.45, 7) is 7.14. The van der Waals surface area contributed by atoms with Gasteiger partial charge in [-0.1, -0.05) is 25.2 Å². The van der Waals surface area contributed by atoms with Crippen LogP contribution in [-0.2, 0) is 0 Å². The Bertz CT molecular complexity index is 465. The number of hydrogen-bond acceptors (Lipinski definition) is 5.